The van der Waals surface area contributed by atoms with Gasteiger partial charge in [-0.3, -0.25) is 4.68 Å². The number of rotatable bonds is 0. The number of imidazole rings is 1. The van der Waals surface area contributed by atoms with Gasteiger partial charge in [-0.1, -0.05) is 31.7 Å². The Hall–Kier alpha value is -3.02. The number of aromatic nitrogens is 4. The molecule has 0 saturated heterocycles. The molecule has 0 aliphatic rings. The highest BCUT2D eigenvalue weighted by molar-refractivity contribution is 5.88. The van der Waals surface area contributed by atoms with Crippen molar-refractivity contribution in [1.82, 2.24) is 19.3 Å². The van der Waals surface area contributed by atoms with Crippen LogP contribution in [0.1, 0.15) is 7.43 Å². The predicted molar refractivity (Wildman–Crippen MR) is 97.0 cm³/mol. The molecule has 0 unspecified atom stereocenters. The zero-order valence-corrected chi connectivity index (χ0v) is 12.6. The highest BCUT2D eigenvalue weighted by Crippen LogP contribution is 2.18. The predicted octanol–water partition coefficient (Wildman–Crippen LogP) is 2.95. The van der Waals surface area contributed by atoms with Gasteiger partial charge >= 0.3 is 0 Å². The zero-order valence-electron chi connectivity index (χ0n) is 12.6. The summed E-state index contributed by atoms with van der Waals surface area (Å²) in [4.78, 5) is 4.15. The van der Waals surface area contributed by atoms with Gasteiger partial charge in [0.15, 0.2) is 5.82 Å². The van der Waals surface area contributed by atoms with E-state index in [0.717, 1.165) is 21.9 Å². The standard InChI is InChI=1S/2C8H9N3.CH4/c1-11-7-5-3-2-4-6(7)10-8(11)9;1-11-7-5-3-2-4-6(7)8(9)10-11;/h2*2-5H,1H3,(H2,9,10);1H4. The molecule has 6 nitrogen and oxygen atoms in total. The third-order valence-corrected chi connectivity index (χ3v) is 3.61. The Balaban J connectivity index is 0.000000160. The second kappa shape index (κ2) is 6.39. The van der Waals surface area contributed by atoms with Crippen molar-refractivity contribution in [3.63, 3.8) is 0 Å². The van der Waals surface area contributed by atoms with Crippen LogP contribution in [-0.4, -0.2) is 19.3 Å². The molecule has 0 aliphatic carbocycles. The molecule has 2 aromatic carbocycles. The van der Waals surface area contributed by atoms with Crippen LogP contribution in [-0.2, 0) is 14.1 Å². The van der Waals surface area contributed by atoms with Crippen LogP contribution in [0.15, 0.2) is 48.5 Å². The molecule has 2 heterocycles. The summed E-state index contributed by atoms with van der Waals surface area (Å²) >= 11 is 0. The lowest BCUT2D eigenvalue weighted by Gasteiger charge is -1.93. The lowest BCUT2D eigenvalue weighted by molar-refractivity contribution is 0.802. The summed E-state index contributed by atoms with van der Waals surface area (Å²) in [7, 11) is 3.80. The molecule has 4 N–H and O–H groups in total. The van der Waals surface area contributed by atoms with Crippen LogP contribution >= 0.6 is 0 Å². The number of nitrogens with zero attached hydrogens (tertiary/aromatic N) is 4. The van der Waals surface area contributed by atoms with E-state index in [1.54, 1.807) is 4.68 Å². The van der Waals surface area contributed by atoms with E-state index in [1.807, 2.05) is 67.2 Å². The van der Waals surface area contributed by atoms with Crippen molar-refractivity contribution in [2.75, 3.05) is 11.5 Å². The van der Waals surface area contributed by atoms with E-state index in [2.05, 4.69) is 10.1 Å². The molecule has 23 heavy (non-hydrogen) atoms. The maximum atomic E-state index is 5.65. The number of para-hydroxylation sites is 3. The van der Waals surface area contributed by atoms with Gasteiger partial charge in [0.25, 0.3) is 0 Å². The second-order valence-corrected chi connectivity index (χ2v) is 5.04. The largest absolute Gasteiger partial charge is 0.382 e. The van der Waals surface area contributed by atoms with Gasteiger partial charge < -0.3 is 16.0 Å². The van der Waals surface area contributed by atoms with Crippen LogP contribution in [0.3, 0.4) is 0 Å². The van der Waals surface area contributed by atoms with Gasteiger partial charge in [0.05, 0.1) is 16.6 Å². The minimum absolute atomic E-state index is 0. The third-order valence-electron chi connectivity index (χ3n) is 3.61. The lowest BCUT2D eigenvalue weighted by atomic mass is 10.2. The molecule has 0 radical (unpaired) electrons. The highest BCUT2D eigenvalue weighted by Gasteiger charge is 2.02. The molecule has 0 saturated carbocycles. The molecule has 2 aromatic heterocycles. The van der Waals surface area contributed by atoms with Crippen LogP contribution in [0.5, 0.6) is 0 Å². The number of benzene rings is 2. The fourth-order valence-electron chi connectivity index (χ4n) is 2.41. The molecule has 4 rings (SSSR count). The Kier molecular flexibility index (Phi) is 4.55. The Morgan fingerprint density at radius 3 is 2.13 bits per heavy atom. The molecule has 0 spiro atoms. The molecule has 0 atom stereocenters. The van der Waals surface area contributed by atoms with Gasteiger partial charge in [0, 0.05) is 19.5 Å². The topological polar surface area (TPSA) is 87.7 Å². The van der Waals surface area contributed by atoms with Gasteiger partial charge in [0.1, 0.15) is 0 Å². The molecule has 0 bridgehead atoms. The SMILES string of the molecule is C.Cn1c(N)nc2ccccc21.Cn1nc(N)c2ccccc21. The van der Waals surface area contributed by atoms with Gasteiger partial charge in [-0.15, -0.1) is 0 Å². The molecule has 0 aliphatic heterocycles. The maximum absolute atomic E-state index is 5.65. The van der Waals surface area contributed by atoms with Crippen molar-refractivity contribution >= 4 is 33.7 Å². The zero-order chi connectivity index (χ0) is 15.7. The van der Waals surface area contributed by atoms with Crippen molar-refractivity contribution in [3.05, 3.63) is 48.5 Å². The first-order chi connectivity index (χ1) is 10.6. The van der Waals surface area contributed by atoms with Crippen molar-refractivity contribution in [3.8, 4) is 0 Å². The number of anilines is 2. The van der Waals surface area contributed by atoms with E-state index in [9.17, 15) is 0 Å². The maximum Gasteiger partial charge on any atom is 0.200 e. The smallest absolute Gasteiger partial charge is 0.200 e. The van der Waals surface area contributed by atoms with E-state index in [1.165, 1.54) is 0 Å². The van der Waals surface area contributed by atoms with Crippen molar-refractivity contribution < 1.29 is 0 Å². The first kappa shape index (κ1) is 16.4. The van der Waals surface area contributed by atoms with Crippen LogP contribution in [0.2, 0.25) is 0 Å². The average Bonchev–Trinajstić information content (AvgIpc) is 2.98. The number of nitrogens with two attached hydrogens (primary N) is 2. The minimum atomic E-state index is 0. The van der Waals surface area contributed by atoms with Crippen molar-refractivity contribution in [1.29, 1.82) is 0 Å². The van der Waals surface area contributed by atoms with Crippen molar-refractivity contribution in [2.45, 2.75) is 7.43 Å². The number of hydrogen-bond acceptors (Lipinski definition) is 4. The summed E-state index contributed by atoms with van der Waals surface area (Å²) in [5.41, 5.74) is 14.3. The van der Waals surface area contributed by atoms with E-state index in [0.29, 0.717) is 11.8 Å². The highest BCUT2D eigenvalue weighted by atomic mass is 15.3. The summed E-state index contributed by atoms with van der Waals surface area (Å²) in [6.07, 6.45) is 0. The number of hydrogen-bond donors (Lipinski definition) is 2. The average molecular weight is 310 g/mol. The Labute approximate surface area is 135 Å². The van der Waals surface area contributed by atoms with Crippen molar-refractivity contribution in [2.24, 2.45) is 14.1 Å². The summed E-state index contributed by atoms with van der Waals surface area (Å²) in [6, 6.07) is 15.8. The van der Waals surface area contributed by atoms with E-state index >= 15 is 0 Å². The summed E-state index contributed by atoms with van der Waals surface area (Å²) in [6.45, 7) is 0. The molecule has 6 heteroatoms. The summed E-state index contributed by atoms with van der Waals surface area (Å²) in [5, 5.41) is 5.11. The fourth-order valence-corrected chi connectivity index (χ4v) is 2.41. The fraction of sp³-hybridized carbons (Fsp3) is 0.176. The molecular weight excluding hydrogens is 288 g/mol. The van der Waals surface area contributed by atoms with E-state index in [4.69, 9.17) is 11.5 Å². The molecule has 4 aromatic rings. The van der Waals surface area contributed by atoms with Crippen LogP contribution in [0, 0.1) is 0 Å². The lowest BCUT2D eigenvalue weighted by Crippen LogP contribution is -1.95. The van der Waals surface area contributed by atoms with Crippen LogP contribution in [0.25, 0.3) is 21.9 Å². The minimum Gasteiger partial charge on any atom is -0.382 e. The Morgan fingerprint density at radius 2 is 1.48 bits per heavy atom. The van der Waals surface area contributed by atoms with Gasteiger partial charge in [-0.2, -0.15) is 5.10 Å². The number of nitrogen functional groups attached to an aromatic ring is 2. The second-order valence-electron chi connectivity index (χ2n) is 5.04. The molecule has 0 fully saturated rings. The summed E-state index contributed by atoms with van der Waals surface area (Å²) in [5.74, 6) is 1.16. The third kappa shape index (κ3) is 2.96. The Morgan fingerprint density at radius 1 is 0.870 bits per heavy atom. The monoisotopic (exact) mass is 310 g/mol. The Bertz CT molecular complexity index is 890. The van der Waals surface area contributed by atoms with Crippen LogP contribution in [0.4, 0.5) is 11.8 Å². The molecule has 120 valence electrons. The van der Waals surface area contributed by atoms with Gasteiger partial charge in [0.2, 0.25) is 5.95 Å². The van der Waals surface area contributed by atoms with Gasteiger partial charge in [-0.05, 0) is 24.3 Å². The molecule has 0 amide bonds. The molecular formula is C17H22N6. The normalized spacial score (nSPS) is 10.2. The van der Waals surface area contributed by atoms with E-state index < -0.39 is 0 Å². The number of aryl methyl sites for hydroxylation is 2. The quantitative estimate of drug-likeness (QED) is 0.522. The van der Waals surface area contributed by atoms with Crippen LogP contribution < -0.4 is 11.5 Å². The number of fused-ring (bicyclic) bond motifs is 2. The first-order valence-electron chi connectivity index (χ1n) is 6.92. The first-order valence-corrected chi connectivity index (χ1v) is 6.92. The summed E-state index contributed by atoms with van der Waals surface area (Å²) < 4.78 is 3.65. The van der Waals surface area contributed by atoms with E-state index in [-0.39, 0.29) is 7.43 Å². The van der Waals surface area contributed by atoms with Gasteiger partial charge in [-0.25, -0.2) is 4.98 Å².